The molecule has 1 saturated heterocycles. The molecule has 6 nitrogen and oxygen atoms in total. The number of ether oxygens (including phenoxy) is 2. The Hall–Kier alpha value is -2.45. The van der Waals surface area contributed by atoms with Gasteiger partial charge in [0.1, 0.15) is 11.2 Å². The smallest absolute Gasteiger partial charge is 0.231 e. The molecule has 3 aromatic rings. The fourth-order valence-corrected chi connectivity index (χ4v) is 8.47. The number of benzene rings is 2. The average Bonchev–Trinajstić information content (AvgIpc) is 3.60. The van der Waals surface area contributed by atoms with Crippen LogP contribution in [0.4, 0.5) is 0 Å². The van der Waals surface area contributed by atoms with E-state index in [0.717, 1.165) is 47.4 Å². The second kappa shape index (κ2) is 10.7. The van der Waals surface area contributed by atoms with Crippen molar-refractivity contribution < 1.29 is 14.6 Å². The number of likely N-dealkylation sites (tertiary alicyclic amines) is 1. The first-order valence-corrected chi connectivity index (χ1v) is 15.8. The van der Waals surface area contributed by atoms with E-state index in [0.29, 0.717) is 18.0 Å². The van der Waals surface area contributed by atoms with Crippen LogP contribution in [0.25, 0.3) is 0 Å². The highest BCUT2D eigenvalue weighted by Crippen LogP contribution is 2.54. The van der Waals surface area contributed by atoms with Crippen LogP contribution in [-0.4, -0.2) is 39.3 Å². The zero-order valence-electron chi connectivity index (χ0n) is 25.4. The molecule has 1 aromatic heterocycles. The summed E-state index contributed by atoms with van der Waals surface area (Å²) < 4.78 is 11.2. The maximum atomic E-state index is 11.5. The normalized spacial score (nSPS) is 24.2. The lowest BCUT2D eigenvalue weighted by molar-refractivity contribution is -0.0112. The number of rotatable bonds is 8. The number of fused-ring (bicyclic) bond motifs is 3. The van der Waals surface area contributed by atoms with E-state index in [1.165, 1.54) is 29.5 Å². The maximum Gasteiger partial charge on any atom is 0.231 e. The van der Waals surface area contributed by atoms with Gasteiger partial charge in [0.05, 0.1) is 11.4 Å². The minimum atomic E-state index is -0.589. The zero-order chi connectivity index (χ0) is 29.0. The molecule has 2 fully saturated rings. The number of hydrogen-bond donors (Lipinski definition) is 1. The minimum Gasteiger partial charge on any atom is -0.454 e. The van der Waals surface area contributed by atoms with Gasteiger partial charge in [0.2, 0.25) is 6.79 Å². The van der Waals surface area contributed by atoms with E-state index in [2.05, 4.69) is 87.7 Å². The van der Waals surface area contributed by atoms with Crippen molar-refractivity contribution in [2.75, 3.05) is 13.3 Å². The largest absolute Gasteiger partial charge is 0.454 e. The van der Waals surface area contributed by atoms with Crippen molar-refractivity contribution in [1.29, 1.82) is 0 Å². The van der Waals surface area contributed by atoms with E-state index in [1.54, 1.807) is 11.3 Å². The number of nitrogens with zero attached hydrogens (tertiary/aromatic N) is 3. The van der Waals surface area contributed by atoms with Crippen molar-refractivity contribution >= 4 is 11.3 Å². The van der Waals surface area contributed by atoms with E-state index in [-0.39, 0.29) is 17.6 Å². The van der Waals surface area contributed by atoms with Crippen LogP contribution in [0.2, 0.25) is 0 Å². The van der Waals surface area contributed by atoms with Gasteiger partial charge in [-0.2, -0.15) is 0 Å². The zero-order valence-corrected chi connectivity index (χ0v) is 26.3. The van der Waals surface area contributed by atoms with E-state index in [9.17, 15) is 5.11 Å². The summed E-state index contributed by atoms with van der Waals surface area (Å²) in [5.74, 6) is 1.62. The van der Waals surface area contributed by atoms with Gasteiger partial charge in [0.25, 0.3) is 0 Å². The van der Waals surface area contributed by atoms with Crippen molar-refractivity contribution in [1.82, 2.24) is 14.8 Å². The van der Waals surface area contributed by atoms with Crippen LogP contribution in [0.3, 0.4) is 0 Å². The van der Waals surface area contributed by atoms with Gasteiger partial charge in [0.15, 0.2) is 11.5 Å². The molecule has 2 bridgehead atoms. The molecule has 220 valence electrons. The minimum absolute atomic E-state index is 0.129. The monoisotopic (exact) mass is 575 g/mol. The Morgan fingerprint density at radius 1 is 1.00 bits per heavy atom. The first kappa shape index (κ1) is 28.7. The van der Waals surface area contributed by atoms with Crippen LogP contribution in [0.5, 0.6) is 11.5 Å². The molecule has 3 aliphatic rings. The predicted molar refractivity (Wildman–Crippen MR) is 164 cm³/mol. The number of hydrogen-bond acceptors (Lipinski definition) is 7. The second-order valence-electron chi connectivity index (χ2n) is 14.7. The topological polar surface area (TPSA) is 58.1 Å². The molecular weight excluding hydrogens is 530 g/mol. The van der Waals surface area contributed by atoms with Gasteiger partial charge in [-0.1, -0.05) is 71.9 Å². The van der Waals surface area contributed by atoms with Gasteiger partial charge in [0, 0.05) is 31.9 Å². The highest BCUT2D eigenvalue weighted by molar-refractivity contribution is 7.11. The fraction of sp³-hybridized carbons (Fsp3) is 0.559. The Kier molecular flexibility index (Phi) is 7.46. The first-order valence-electron chi connectivity index (χ1n) is 14.9. The Balaban J connectivity index is 1.19. The molecule has 41 heavy (non-hydrogen) atoms. The van der Waals surface area contributed by atoms with Crippen LogP contribution >= 0.6 is 11.3 Å². The van der Waals surface area contributed by atoms with Crippen LogP contribution < -0.4 is 9.47 Å². The quantitative estimate of drug-likeness (QED) is 0.305. The number of aromatic nitrogens is 1. The lowest BCUT2D eigenvalue weighted by atomic mass is 9.65. The molecule has 0 spiro atoms. The lowest BCUT2D eigenvalue weighted by Crippen LogP contribution is -2.36. The van der Waals surface area contributed by atoms with Crippen molar-refractivity contribution in [2.45, 2.75) is 98.1 Å². The summed E-state index contributed by atoms with van der Waals surface area (Å²) in [6.45, 7) is 17.4. The molecule has 3 unspecified atom stereocenters. The Morgan fingerprint density at radius 2 is 1.71 bits per heavy atom. The molecule has 1 saturated carbocycles. The summed E-state index contributed by atoms with van der Waals surface area (Å²) in [5, 5.41) is 12.5. The van der Waals surface area contributed by atoms with Gasteiger partial charge in [-0.25, -0.2) is 4.98 Å². The van der Waals surface area contributed by atoms with Gasteiger partial charge in [-0.15, -0.1) is 11.3 Å². The Morgan fingerprint density at radius 3 is 2.46 bits per heavy atom. The maximum absolute atomic E-state index is 11.5. The number of thiazole rings is 1. The van der Waals surface area contributed by atoms with Crippen LogP contribution in [0.15, 0.2) is 48.7 Å². The molecule has 2 aliphatic heterocycles. The van der Waals surface area contributed by atoms with Crippen LogP contribution in [0.1, 0.15) is 93.6 Å². The molecule has 2 aromatic carbocycles. The highest BCUT2D eigenvalue weighted by Gasteiger charge is 2.51. The molecule has 7 heteroatoms. The molecule has 1 aliphatic carbocycles. The van der Waals surface area contributed by atoms with Crippen molar-refractivity contribution in [3.63, 3.8) is 0 Å². The standard InChI is InChI=1S/C34H45N3O3S/c1-32(2,3)25-10-7-23(8-11-25)17-36(18-24-9-12-27-28(13-24)40-22-39-27)19-30-35-16-29(41-30)31(38)37-21-34(6)15-26(37)14-33(4,5)20-34/h7-13,16,26,31,38H,14-15,17-22H2,1-6H3. The average molecular weight is 576 g/mol. The van der Waals surface area contributed by atoms with E-state index in [4.69, 9.17) is 14.5 Å². The molecule has 0 radical (unpaired) electrons. The molecule has 1 N–H and O–H groups in total. The third-order valence-electron chi connectivity index (χ3n) is 9.02. The molecule has 3 heterocycles. The summed E-state index contributed by atoms with van der Waals surface area (Å²) in [5.41, 5.74) is 4.53. The van der Waals surface area contributed by atoms with E-state index < -0.39 is 6.23 Å². The molecule has 3 atom stereocenters. The molecule has 0 amide bonds. The second-order valence-corrected chi connectivity index (χ2v) is 15.8. The van der Waals surface area contributed by atoms with E-state index >= 15 is 0 Å². The fourth-order valence-electron chi connectivity index (χ4n) is 7.49. The Labute approximate surface area is 249 Å². The number of aliphatic hydroxyl groups excluding tert-OH is 1. The van der Waals surface area contributed by atoms with Gasteiger partial charge in [-0.3, -0.25) is 9.80 Å². The van der Waals surface area contributed by atoms with Crippen molar-refractivity contribution in [2.24, 2.45) is 10.8 Å². The molecule has 6 rings (SSSR count). The van der Waals surface area contributed by atoms with Gasteiger partial charge in [-0.05, 0) is 64.3 Å². The van der Waals surface area contributed by atoms with Gasteiger partial charge < -0.3 is 14.6 Å². The Bertz CT molecular complexity index is 1380. The number of aliphatic hydroxyl groups is 1. The van der Waals surface area contributed by atoms with Crippen LogP contribution in [0, 0.1) is 10.8 Å². The summed E-state index contributed by atoms with van der Waals surface area (Å²) in [4.78, 5) is 10.5. The summed E-state index contributed by atoms with van der Waals surface area (Å²) in [6, 6.07) is 15.6. The first-order chi connectivity index (χ1) is 19.4. The van der Waals surface area contributed by atoms with Gasteiger partial charge >= 0.3 is 0 Å². The van der Waals surface area contributed by atoms with Crippen LogP contribution in [-0.2, 0) is 25.0 Å². The summed E-state index contributed by atoms with van der Waals surface area (Å²) in [7, 11) is 0. The molecular formula is C34H45N3O3S. The van der Waals surface area contributed by atoms with Crippen molar-refractivity contribution in [3.05, 3.63) is 75.2 Å². The third-order valence-corrected chi connectivity index (χ3v) is 10.0. The SMILES string of the molecule is CC1(C)CC2CC(C)(CN2C(O)c2cnc(CN(Cc3ccc(C(C)(C)C)cc3)Cc3ccc4c(c3)OCO4)s2)C1. The van der Waals surface area contributed by atoms with E-state index in [1.807, 2.05) is 12.3 Å². The van der Waals surface area contributed by atoms with Crippen molar-refractivity contribution in [3.8, 4) is 11.5 Å². The predicted octanol–water partition coefficient (Wildman–Crippen LogP) is 7.26. The highest BCUT2D eigenvalue weighted by atomic mass is 32.1. The summed E-state index contributed by atoms with van der Waals surface area (Å²) >= 11 is 1.65. The summed E-state index contributed by atoms with van der Waals surface area (Å²) in [6.07, 6.45) is 4.85. The lowest BCUT2D eigenvalue weighted by Gasteiger charge is -2.40. The third kappa shape index (κ3) is 6.34.